The molecule has 0 saturated carbocycles. The van der Waals surface area contributed by atoms with Crippen molar-refractivity contribution in [2.45, 2.75) is 52.1 Å². The van der Waals surface area contributed by atoms with Crippen molar-refractivity contribution in [1.29, 1.82) is 0 Å². The van der Waals surface area contributed by atoms with Gasteiger partial charge in [0.2, 0.25) is 0 Å². The lowest BCUT2D eigenvalue weighted by Crippen LogP contribution is -2.41. The summed E-state index contributed by atoms with van der Waals surface area (Å²) in [5.74, 6) is 0.918. The Morgan fingerprint density at radius 2 is 2.03 bits per heavy atom. The fraction of sp³-hybridized carbons (Fsp3) is 0.591. The van der Waals surface area contributed by atoms with Crippen LogP contribution in [-0.4, -0.2) is 63.7 Å². The maximum atomic E-state index is 12.2. The van der Waals surface area contributed by atoms with Crippen LogP contribution in [0.25, 0.3) is 0 Å². The number of phenols is 1. The highest BCUT2D eigenvalue weighted by atomic mass is 16.5. The fourth-order valence-corrected chi connectivity index (χ4v) is 3.86. The molecular weight excluding hydrogens is 382 g/mol. The molecule has 2 heterocycles. The van der Waals surface area contributed by atoms with Crippen LogP contribution in [0.5, 0.6) is 11.5 Å². The van der Waals surface area contributed by atoms with Crippen LogP contribution in [0.3, 0.4) is 0 Å². The number of piperidine rings is 1. The molecule has 2 N–H and O–H groups in total. The first-order chi connectivity index (χ1) is 14.4. The minimum atomic E-state index is -0.162. The summed E-state index contributed by atoms with van der Waals surface area (Å²) in [6, 6.07) is 6.18. The number of benzene rings is 1. The van der Waals surface area contributed by atoms with E-state index in [0.29, 0.717) is 29.9 Å². The summed E-state index contributed by atoms with van der Waals surface area (Å²) in [5.41, 5.74) is 1.53. The molecule has 1 amide bonds. The van der Waals surface area contributed by atoms with Gasteiger partial charge in [-0.2, -0.15) is 0 Å². The van der Waals surface area contributed by atoms with Gasteiger partial charge in [0.1, 0.15) is 0 Å². The molecule has 2 aromatic rings. The average Bonchev–Trinajstić information content (AvgIpc) is 3.23. The van der Waals surface area contributed by atoms with Gasteiger partial charge in [0, 0.05) is 25.7 Å². The third-order valence-electron chi connectivity index (χ3n) is 5.69. The Kier molecular flexibility index (Phi) is 7.31. The van der Waals surface area contributed by atoms with Crippen molar-refractivity contribution in [1.82, 2.24) is 25.2 Å². The number of aromatic nitrogens is 3. The number of methoxy groups -OCH3 is 1. The molecule has 0 bridgehead atoms. The molecule has 8 nitrogen and oxygen atoms in total. The molecule has 164 valence electrons. The summed E-state index contributed by atoms with van der Waals surface area (Å²) < 4.78 is 7.06. The molecule has 1 aromatic carbocycles. The third kappa shape index (κ3) is 5.50. The van der Waals surface area contributed by atoms with E-state index in [1.54, 1.807) is 19.4 Å². The molecule has 3 rings (SSSR count). The van der Waals surface area contributed by atoms with Gasteiger partial charge in [0.05, 0.1) is 19.3 Å². The number of hydrogen-bond acceptors (Lipinski definition) is 6. The van der Waals surface area contributed by atoms with Crippen molar-refractivity contribution < 1.29 is 14.6 Å². The number of hydrogen-bond donors (Lipinski definition) is 2. The van der Waals surface area contributed by atoms with Crippen LogP contribution >= 0.6 is 0 Å². The number of rotatable bonds is 8. The zero-order chi connectivity index (χ0) is 21.7. The van der Waals surface area contributed by atoms with Gasteiger partial charge >= 0.3 is 0 Å². The summed E-state index contributed by atoms with van der Waals surface area (Å²) in [7, 11) is 1.57. The number of phenolic OH excluding ortho intramolecular Hbond substituents is 1. The molecule has 1 atom stereocenters. The van der Waals surface area contributed by atoms with Crippen molar-refractivity contribution in [3.05, 3.63) is 35.7 Å². The topological polar surface area (TPSA) is 92.5 Å². The molecule has 1 aliphatic heterocycles. The molecule has 30 heavy (non-hydrogen) atoms. The first-order valence-corrected chi connectivity index (χ1v) is 10.7. The first-order valence-electron chi connectivity index (χ1n) is 10.7. The highest BCUT2D eigenvalue weighted by molar-refractivity contribution is 5.91. The van der Waals surface area contributed by atoms with Gasteiger partial charge in [-0.05, 0) is 49.8 Å². The van der Waals surface area contributed by atoms with E-state index in [1.165, 1.54) is 0 Å². The molecular formula is C22H33N5O3. The van der Waals surface area contributed by atoms with Gasteiger partial charge in [0.15, 0.2) is 17.2 Å². The molecule has 0 unspecified atom stereocenters. The van der Waals surface area contributed by atoms with Crippen LogP contribution in [0.15, 0.2) is 24.4 Å². The Bertz CT molecular complexity index is 843. The second-order valence-electron chi connectivity index (χ2n) is 8.51. The van der Waals surface area contributed by atoms with Gasteiger partial charge in [0.25, 0.3) is 5.91 Å². The summed E-state index contributed by atoms with van der Waals surface area (Å²) in [4.78, 5) is 14.6. The van der Waals surface area contributed by atoms with E-state index in [4.69, 9.17) is 4.74 Å². The van der Waals surface area contributed by atoms with Gasteiger partial charge < -0.3 is 20.1 Å². The van der Waals surface area contributed by atoms with Gasteiger partial charge in [-0.25, -0.2) is 4.68 Å². The maximum absolute atomic E-state index is 12.2. The molecule has 0 spiro atoms. The normalized spacial score (nSPS) is 16.6. The summed E-state index contributed by atoms with van der Waals surface area (Å²) in [6.45, 7) is 8.92. The van der Waals surface area contributed by atoms with Gasteiger partial charge in [-0.15, -0.1) is 5.10 Å². The SMILES string of the molecule is COc1cc(C[C@@H](C)N2CCC(n3cc(C(=O)NCC(C)C)nn3)CC2)ccc1O. The van der Waals surface area contributed by atoms with Crippen LogP contribution in [-0.2, 0) is 6.42 Å². The molecule has 1 saturated heterocycles. The molecule has 1 aliphatic rings. The minimum absolute atomic E-state index is 0.162. The van der Waals surface area contributed by atoms with Gasteiger partial charge in [-0.3, -0.25) is 4.79 Å². The number of ether oxygens (including phenoxy) is 1. The molecule has 0 aliphatic carbocycles. The van der Waals surface area contributed by atoms with E-state index in [2.05, 4.69) is 41.3 Å². The van der Waals surface area contributed by atoms with Crippen LogP contribution in [0, 0.1) is 5.92 Å². The predicted molar refractivity (Wildman–Crippen MR) is 115 cm³/mol. The van der Waals surface area contributed by atoms with Crippen LogP contribution in [0.2, 0.25) is 0 Å². The Morgan fingerprint density at radius 3 is 2.70 bits per heavy atom. The Balaban J connectivity index is 1.51. The fourth-order valence-electron chi connectivity index (χ4n) is 3.86. The largest absolute Gasteiger partial charge is 0.504 e. The minimum Gasteiger partial charge on any atom is -0.504 e. The van der Waals surface area contributed by atoms with Crippen molar-refractivity contribution >= 4 is 5.91 Å². The van der Waals surface area contributed by atoms with Crippen molar-refractivity contribution in [3.8, 4) is 11.5 Å². The van der Waals surface area contributed by atoms with E-state index in [0.717, 1.165) is 37.9 Å². The van der Waals surface area contributed by atoms with E-state index in [1.807, 2.05) is 16.8 Å². The number of nitrogens with one attached hydrogen (secondary N) is 1. The quantitative estimate of drug-likeness (QED) is 0.689. The summed E-state index contributed by atoms with van der Waals surface area (Å²) in [6.07, 6.45) is 4.60. The molecule has 8 heteroatoms. The number of likely N-dealkylation sites (tertiary alicyclic amines) is 1. The van der Waals surface area contributed by atoms with Crippen molar-refractivity contribution in [2.24, 2.45) is 5.92 Å². The van der Waals surface area contributed by atoms with E-state index in [9.17, 15) is 9.90 Å². The smallest absolute Gasteiger partial charge is 0.273 e. The highest BCUT2D eigenvalue weighted by Crippen LogP contribution is 2.28. The lowest BCUT2D eigenvalue weighted by Gasteiger charge is -2.36. The number of aromatic hydroxyl groups is 1. The van der Waals surface area contributed by atoms with Gasteiger partial charge in [-0.1, -0.05) is 25.1 Å². The van der Waals surface area contributed by atoms with E-state index in [-0.39, 0.29) is 17.7 Å². The monoisotopic (exact) mass is 415 g/mol. The van der Waals surface area contributed by atoms with Crippen LogP contribution in [0.4, 0.5) is 0 Å². The van der Waals surface area contributed by atoms with Crippen molar-refractivity contribution in [2.75, 3.05) is 26.7 Å². The zero-order valence-corrected chi connectivity index (χ0v) is 18.3. The number of carbonyl (C=O) groups is 1. The van der Waals surface area contributed by atoms with Crippen molar-refractivity contribution in [3.63, 3.8) is 0 Å². The summed E-state index contributed by atoms with van der Waals surface area (Å²) >= 11 is 0. The zero-order valence-electron chi connectivity index (χ0n) is 18.3. The Morgan fingerprint density at radius 1 is 1.30 bits per heavy atom. The third-order valence-corrected chi connectivity index (χ3v) is 5.69. The maximum Gasteiger partial charge on any atom is 0.273 e. The molecule has 1 aromatic heterocycles. The lowest BCUT2D eigenvalue weighted by molar-refractivity contribution is 0.0944. The number of carbonyl (C=O) groups excluding carboxylic acids is 1. The van der Waals surface area contributed by atoms with E-state index < -0.39 is 0 Å². The van der Waals surface area contributed by atoms with Crippen LogP contribution < -0.4 is 10.1 Å². The van der Waals surface area contributed by atoms with Crippen LogP contribution in [0.1, 0.15) is 55.7 Å². The standard InChI is InChI=1S/C22H33N5O3/c1-15(2)13-23-22(29)19-14-27(25-24-19)18-7-9-26(10-8-18)16(3)11-17-5-6-20(28)21(12-17)30-4/h5-6,12,14-16,18,28H,7-11,13H2,1-4H3,(H,23,29)/t16-/m1/s1. The predicted octanol–water partition coefficient (Wildman–Crippen LogP) is 2.65. The number of nitrogens with zero attached hydrogens (tertiary/aromatic N) is 4. The summed E-state index contributed by atoms with van der Waals surface area (Å²) in [5, 5.41) is 20.9. The Hall–Kier alpha value is -2.61. The van der Waals surface area contributed by atoms with E-state index >= 15 is 0 Å². The first kappa shape index (κ1) is 22.1. The second-order valence-corrected chi connectivity index (χ2v) is 8.51. The average molecular weight is 416 g/mol. The highest BCUT2D eigenvalue weighted by Gasteiger charge is 2.25. The number of amides is 1. The molecule has 0 radical (unpaired) electrons. The Labute approximate surface area is 178 Å². The second kappa shape index (κ2) is 9.93. The lowest BCUT2D eigenvalue weighted by atomic mass is 10.00. The molecule has 1 fully saturated rings.